The molecule has 17 heavy (non-hydrogen) atoms. The third kappa shape index (κ3) is 3.20. The first-order valence-corrected chi connectivity index (χ1v) is 7.10. The van der Waals surface area contributed by atoms with Crippen LogP contribution in [0.5, 0.6) is 5.75 Å². The van der Waals surface area contributed by atoms with E-state index in [0.29, 0.717) is 12.3 Å². The molecule has 0 atom stereocenters. The maximum Gasteiger partial charge on any atom is 0.183 e. The van der Waals surface area contributed by atoms with Crippen LogP contribution in [0.2, 0.25) is 0 Å². The molecule has 0 radical (unpaired) electrons. The first kappa shape index (κ1) is 14.0. The van der Waals surface area contributed by atoms with Gasteiger partial charge in [-0.1, -0.05) is 0 Å². The van der Waals surface area contributed by atoms with Gasteiger partial charge in [-0.05, 0) is 44.2 Å². The lowest BCUT2D eigenvalue weighted by Gasteiger charge is -2.12. The normalized spacial score (nSPS) is 11.5. The third-order valence-corrected chi connectivity index (χ3v) is 4.47. The number of ether oxygens (including phenoxy) is 1. The first-order chi connectivity index (χ1) is 7.92. The molecule has 5 heteroatoms. The molecular weight excluding hydrogens is 238 g/mol. The van der Waals surface area contributed by atoms with E-state index in [0.717, 1.165) is 11.1 Å². The zero-order chi connectivity index (χ0) is 13.1. The molecule has 0 saturated heterocycles. The molecule has 0 spiro atoms. The van der Waals surface area contributed by atoms with Crippen molar-refractivity contribution in [2.45, 2.75) is 18.7 Å². The molecule has 0 unspecified atom stereocenters. The lowest BCUT2D eigenvalue weighted by molar-refractivity contribution is 0.402. The van der Waals surface area contributed by atoms with Crippen molar-refractivity contribution in [3.63, 3.8) is 0 Å². The molecule has 1 aromatic carbocycles. The van der Waals surface area contributed by atoms with E-state index in [1.807, 2.05) is 13.8 Å². The van der Waals surface area contributed by atoms with Crippen LogP contribution in [0.3, 0.4) is 0 Å². The zero-order valence-electron chi connectivity index (χ0n) is 10.7. The summed E-state index contributed by atoms with van der Waals surface area (Å²) in [6.07, 6.45) is 0. The molecule has 1 rings (SSSR count). The van der Waals surface area contributed by atoms with Crippen molar-refractivity contribution in [3.05, 3.63) is 23.3 Å². The van der Waals surface area contributed by atoms with E-state index in [2.05, 4.69) is 5.32 Å². The summed E-state index contributed by atoms with van der Waals surface area (Å²) < 4.78 is 29.4. The van der Waals surface area contributed by atoms with Gasteiger partial charge in [0.1, 0.15) is 10.6 Å². The highest BCUT2D eigenvalue weighted by molar-refractivity contribution is 7.91. The molecule has 0 saturated carbocycles. The SMILES string of the molecule is CNCCS(=O)(=O)c1cc(C)c(C)cc1OC. The fraction of sp³-hybridized carbons (Fsp3) is 0.500. The standard InChI is InChI=1S/C12H19NO3S/c1-9-7-11(16-4)12(8-10(9)2)17(14,15)6-5-13-3/h7-8,13H,5-6H2,1-4H3. The van der Waals surface area contributed by atoms with Gasteiger partial charge < -0.3 is 10.1 Å². The van der Waals surface area contributed by atoms with Crippen LogP contribution in [-0.4, -0.2) is 34.9 Å². The van der Waals surface area contributed by atoms with Gasteiger partial charge in [-0.15, -0.1) is 0 Å². The number of rotatable bonds is 5. The topological polar surface area (TPSA) is 55.4 Å². The molecule has 0 aliphatic carbocycles. The predicted molar refractivity (Wildman–Crippen MR) is 68.4 cm³/mol. The van der Waals surface area contributed by atoms with E-state index in [-0.39, 0.29) is 10.6 Å². The first-order valence-electron chi connectivity index (χ1n) is 5.45. The zero-order valence-corrected chi connectivity index (χ0v) is 11.5. The van der Waals surface area contributed by atoms with Gasteiger partial charge in [0.2, 0.25) is 0 Å². The average Bonchev–Trinajstić information content (AvgIpc) is 2.29. The summed E-state index contributed by atoms with van der Waals surface area (Å²) >= 11 is 0. The Hall–Kier alpha value is -1.07. The average molecular weight is 257 g/mol. The second-order valence-electron chi connectivity index (χ2n) is 4.01. The highest BCUT2D eigenvalue weighted by Gasteiger charge is 2.20. The Bertz CT molecular complexity index is 495. The van der Waals surface area contributed by atoms with Crippen molar-refractivity contribution in [1.82, 2.24) is 5.32 Å². The molecular formula is C12H19NO3S. The lowest BCUT2D eigenvalue weighted by Crippen LogP contribution is -2.20. The minimum Gasteiger partial charge on any atom is -0.495 e. The molecule has 0 aromatic heterocycles. The molecule has 0 aliphatic heterocycles. The van der Waals surface area contributed by atoms with Gasteiger partial charge in [0, 0.05) is 6.54 Å². The largest absolute Gasteiger partial charge is 0.495 e. The van der Waals surface area contributed by atoms with Gasteiger partial charge >= 0.3 is 0 Å². The quantitative estimate of drug-likeness (QED) is 0.864. The summed E-state index contributed by atoms with van der Waals surface area (Å²) in [5.41, 5.74) is 1.98. The van der Waals surface area contributed by atoms with E-state index >= 15 is 0 Å². The van der Waals surface area contributed by atoms with Crippen molar-refractivity contribution in [2.75, 3.05) is 26.5 Å². The van der Waals surface area contributed by atoms with E-state index in [4.69, 9.17) is 4.74 Å². The van der Waals surface area contributed by atoms with Gasteiger partial charge in [0.25, 0.3) is 0 Å². The van der Waals surface area contributed by atoms with Gasteiger partial charge in [0.15, 0.2) is 9.84 Å². The Kier molecular flexibility index (Phi) is 4.54. The molecule has 4 nitrogen and oxygen atoms in total. The van der Waals surface area contributed by atoms with Crippen molar-refractivity contribution in [3.8, 4) is 5.75 Å². The highest BCUT2D eigenvalue weighted by Crippen LogP contribution is 2.27. The maximum absolute atomic E-state index is 12.1. The Morgan fingerprint density at radius 1 is 1.24 bits per heavy atom. The van der Waals surface area contributed by atoms with Crippen LogP contribution in [0.4, 0.5) is 0 Å². The fourth-order valence-corrected chi connectivity index (χ4v) is 3.01. The summed E-state index contributed by atoms with van der Waals surface area (Å²) in [7, 11) is -0.0753. The van der Waals surface area contributed by atoms with Gasteiger partial charge in [-0.2, -0.15) is 0 Å². The number of benzene rings is 1. The molecule has 0 fully saturated rings. The molecule has 0 heterocycles. The maximum atomic E-state index is 12.1. The van der Waals surface area contributed by atoms with Crippen LogP contribution in [0.25, 0.3) is 0 Å². The van der Waals surface area contributed by atoms with Crippen LogP contribution >= 0.6 is 0 Å². The third-order valence-electron chi connectivity index (χ3n) is 2.74. The van der Waals surface area contributed by atoms with Crippen molar-refractivity contribution >= 4 is 9.84 Å². The van der Waals surface area contributed by atoms with Crippen molar-refractivity contribution < 1.29 is 13.2 Å². The number of sulfone groups is 1. The Labute approximate surface area is 103 Å². The number of hydrogen-bond donors (Lipinski definition) is 1. The van der Waals surface area contributed by atoms with Crippen molar-refractivity contribution in [2.24, 2.45) is 0 Å². The van der Waals surface area contributed by atoms with E-state index < -0.39 is 9.84 Å². The molecule has 1 N–H and O–H groups in total. The van der Waals surface area contributed by atoms with Crippen LogP contribution in [-0.2, 0) is 9.84 Å². The predicted octanol–water partition coefficient (Wildman–Crippen LogP) is 1.31. The summed E-state index contributed by atoms with van der Waals surface area (Å²) in [5.74, 6) is 0.492. The monoisotopic (exact) mass is 257 g/mol. The van der Waals surface area contributed by atoms with Crippen LogP contribution < -0.4 is 10.1 Å². The highest BCUT2D eigenvalue weighted by atomic mass is 32.2. The molecule has 1 aromatic rings. The summed E-state index contributed by atoms with van der Waals surface area (Å²) in [4.78, 5) is 0.276. The Morgan fingerprint density at radius 3 is 2.35 bits per heavy atom. The van der Waals surface area contributed by atoms with Crippen LogP contribution in [0.1, 0.15) is 11.1 Å². The lowest BCUT2D eigenvalue weighted by atomic mass is 10.1. The van der Waals surface area contributed by atoms with Gasteiger partial charge in [-0.3, -0.25) is 0 Å². The number of hydrogen-bond acceptors (Lipinski definition) is 4. The second-order valence-corrected chi connectivity index (χ2v) is 6.09. The smallest absolute Gasteiger partial charge is 0.183 e. The molecule has 0 aliphatic rings. The van der Waals surface area contributed by atoms with E-state index in [9.17, 15) is 8.42 Å². The van der Waals surface area contributed by atoms with E-state index in [1.165, 1.54) is 7.11 Å². The van der Waals surface area contributed by atoms with Crippen LogP contribution in [0.15, 0.2) is 17.0 Å². The summed E-state index contributed by atoms with van der Waals surface area (Å²) in [6.45, 7) is 4.26. The van der Waals surface area contributed by atoms with Gasteiger partial charge in [0.05, 0.1) is 12.9 Å². The fourth-order valence-electron chi connectivity index (χ4n) is 1.51. The Balaban J connectivity index is 3.25. The van der Waals surface area contributed by atoms with Gasteiger partial charge in [-0.25, -0.2) is 8.42 Å². The summed E-state index contributed by atoms with van der Waals surface area (Å²) in [5, 5.41) is 2.84. The number of nitrogens with one attached hydrogen (secondary N) is 1. The van der Waals surface area contributed by atoms with E-state index in [1.54, 1.807) is 19.2 Å². The summed E-state index contributed by atoms with van der Waals surface area (Å²) in [6, 6.07) is 3.45. The molecule has 0 bridgehead atoms. The van der Waals surface area contributed by atoms with Crippen molar-refractivity contribution in [1.29, 1.82) is 0 Å². The minimum atomic E-state index is -3.29. The Morgan fingerprint density at radius 2 is 1.82 bits per heavy atom. The molecule has 0 amide bonds. The van der Waals surface area contributed by atoms with Crippen LogP contribution in [0, 0.1) is 13.8 Å². The minimum absolute atomic E-state index is 0.0718. The second kappa shape index (κ2) is 5.51. The number of methoxy groups -OCH3 is 1. The number of aryl methyl sites for hydroxylation is 2. The molecule has 96 valence electrons.